The van der Waals surface area contributed by atoms with Crippen LogP contribution in [0.15, 0.2) is 48.2 Å². The van der Waals surface area contributed by atoms with Crippen molar-refractivity contribution in [3.8, 4) is 11.1 Å². The predicted molar refractivity (Wildman–Crippen MR) is 108 cm³/mol. The lowest BCUT2D eigenvalue weighted by Crippen LogP contribution is -2.21. The summed E-state index contributed by atoms with van der Waals surface area (Å²) >= 11 is 6.56. The maximum Gasteiger partial charge on any atom is 0.338 e. The number of rotatable bonds is 2. The number of ether oxygens (including phenoxy) is 1. The summed E-state index contributed by atoms with van der Waals surface area (Å²) in [4.78, 5) is 24.4. The molecular weight excluding hydrogens is 380 g/mol. The molecule has 2 aromatic carbocycles. The number of thiophene rings is 1. The molecule has 0 unspecified atom stereocenters. The third-order valence-electron chi connectivity index (χ3n) is 4.56. The first kappa shape index (κ1) is 16.2. The number of thiocarbonyl (C=S) groups is 1. The van der Waals surface area contributed by atoms with Crippen molar-refractivity contribution >= 4 is 56.7 Å². The lowest BCUT2D eigenvalue weighted by atomic mass is 9.99. The van der Waals surface area contributed by atoms with Gasteiger partial charge in [0.05, 0.1) is 5.56 Å². The molecule has 0 aliphatic carbocycles. The van der Waals surface area contributed by atoms with E-state index in [1.54, 1.807) is 17.4 Å². The zero-order chi connectivity index (χ0) is 18.5. The van der Waals surface area contributed by atoms with Crippen LogP contribution in [0.2, 0.25) is 0 Å². The molecule has 0 saturated carbocycles. The molecule has 0 radical (unpaired) electrons. The Morgan fingerprint density at radius 2 is 1.85 bits per heavy atom. The standard InChI is InChI=1S/C20H12N2O3S2/c23-18-16(21-20(26)22-18)8-14-7-12-5-11(2-4-17(12)27-14)10-1-3-15-13(6-10)9-25-19(15)24/h1-8H,9H2,(H2,21,22,23,26). The third-order valence-corrected chi connectivity index (χ3v) is 5.83. The number of fused-ring (bicyclic) bond motifs is 2. The summed E-state index contributed by atoms with van der Waals surface area (Å²) in [5.41, 5.74) is 4.13. The second kappa shape index (κ2) is 6.00. The molecule has 3 aromatic rings. The Hall–Kier alpha value is -3.03. The first-order chi connectivity index (χ1) is 13.1. The van der Waals surface area contributed by atoms with Crippen molar-refractivity contribution in [3.05, 3.63) is 64.2 Å². The highest BCUT2D eigenvalue weighted by molar-refractivity contribution is 7.80. The van der Waals surface area contributed by atoms with Gasteiger partial charge in [-0.15, -0.1) is 11.3 Å². The highest BCUT2D eigenvalue weighted by Gasteiger charge is 2.22. The fraction of sp³-hybridized carbons (Fsp3) is 0.0500. The molecule has 0 bridgehead atoms. The zero-order valence-electron chi connectivity index (χ0n) is 13.9. The van der Waals surface area contributed by atoms with Gasteiger partial charge in [0.2, 0.25) is 0 Å². The van der Waals surface area contributed by atoms with Crippen LogP contribution >= 0.6 is 23.6 Å². The number of hydrogen-bond acceptors (Lipinski definition) is 5. The molecule has 0 atom stereocenters. The minimum atomic E-state index is -0.258. The van der Waals surface area contributed by atoms with Crippen LogP contribution in [0.4, 0.5) is 0 Å². The molecule has 1 saturated heterocycles. The van der Waals surface area contributed by atoms with Gasteiger partial charge < -0.3 is 10.1 Å². The van der Waals surface area contributed by atoms with Crippen LogP contribution in [-0.4, -0.2) is 17.0 Å². The Balaban J connectivity index is 1.51. The minimum absolute atomic E-state index is 0.215. The Morgan fingerprint density at radius 1 is 1.04 bits per heavy atom. The quantitative estimate of drug-likeness (QED) is 0.396. The lowest BCUT2D eigenvalue weighted by Gasteiger charge is -2.03. The van der Waals surface area contributed by atoms with Gasteiger partial charge in [0.15, 0.2) is 5.11 Å². The monoisotopic (exact) mass is 392 g/mol. The van der Waals surface area contributed by atoms with E-state index in [-0.39, 0.29) is 11.9 Å². The van der Waals surface area contributed by atoms with Gasteiger partial charge in [-0.2, -0.15) is 0 Å². The highest BCUT2D eigenvalue weighted by atomic mass is 32.1. The number of carbonyl (C=O) groups is 2. The van der Waals surface area contributed by atoms with E-state index in [9.17, 15) is 9.59 Å². The minimum Gasteiger partial charge on any atom is -0.457 e. The van der Waals surface area contributed by atoms with Crippen molar-refractivity contribution in [3.63, 3.8) is 0 Å². The molecule has 1 fully saturated rings. The van der Waals surface area contributed by atoms with Crippen LogP contribution < -0.4 is 10.6 Å². The third kappa shape index (κ3) is 2.81. The van der Waals surface area contributed by atoms with E-state index in [1.807, 2.05) is 24.3 Å². The van der Waals surface area contributed by atoms with Crippen LogP contribution in [0.5, 0.6) is 0 Å². The molecule has 132 valence electrons. The second-order valence-corrected chi connectivity index (χ2v) is 7.84. The Bertz CT molecular complexity index is 1190. The van der Waals surface area contributed by atoms with Crippen LogP contribution in [0.1, 0.15) is 20.8 Å². The molecule has 2 aliphatic heterocycles. The summed E-state index contributed by atoms with van der Waals surface area (Å²) < 4.78 is 6.21. The van der Waals surface area contributed by atoms with Crippen molar-refractivity contribution in [1.29, 1.82) is 0 Å². The number of carbonyl (C=O) groups excluding carboxylic acids is 2. The van der Waals surface area contributed by atoms with Gasteiger partial charge in [-0.1, -0.05) is 12.1 Å². The molecule has 2 N–H and O–H groups in total. The van der Waals surface area contributed by atoms with Gasteiger partial charge in [-0.3, -0.25) is 10.1 Å². The van der Waals surface area contributed by atoms with E-state index in [0.29, 0.717) is 23.0 Å². The first-order valence-corrected chi connectivity index (χ1v) is 9.47. The molecule has 5 nitrogen and oxygen atoms in total. The average Bonchev–Trinajstić information content (AvgIpc) is 3.31. The molecular formula is C20H12N2O3S2. The van der Waals surface area contributed by atoms with Crippen molar-refractivity contribution < 1.29 is 14.3 Å². The maximum absolute atomic E-state index is 11.8. The number of cyclic esters (lactones) is 1. The van der Waals surface area contributed by atoms with Crippen molar-refractivity contribution in [2.24, 2.45) is 0 Å². The molecule has 3 heterocycles. The summed E-state index contributed by atoms with van der Waals surface area (Å²) in [6.07, 6.45) is 1.80. The van der Waals surface area contributed by atoms with Crippen LogP contribution in [0.25, 0.3) is 27.3 Å². The van der Waals surface area contributed by atoms with Crippen LogP contribution in [0.3, 0.4) is 0 Å². The largest absolute Gasteiger partial charge is 0.457 e. The van der Waals surface area contributed by atoms with Crippen molar-refractivity contribution in [1.82, 2.24) is 10.6 Å². The fourth-order valence-electron chi connectivity index (χ4n) is 3.25. The molecule has 1 amide bonds. The average molecular weight is 392 g/mol. The van der Waals surface area contributed by atoms with Gasteiger partial charge in [0.25, 0.3) is 5.91 Å². The van der Waals surface area contributed by atoms with E-state index in [2.05, 4.69) is 28.8 Å². The van der Waals surface area contributed by atoms with Gasteiger partial charge >= 0.3 is 5.97 Å². The fourth-order valence-corrected chi connectivity index (χ4v) is 4.44. The van der Waals surface area contributed by atoms with E-state index in [4.69, 9.17) is 17.0 Å². The number of benzene rings is 2. The van der Waals surface area contributed by atoms with Crippen LogP contribution in [-0.2, 0) is 16.1 Å². The SMILES string of the molecule is O=C1NC(=S)NC1=Cc1cc2cc(-c3ccc4c(c3)COC4=O)ccc2s1. The topological polar surface area (TPSA) is 67.4 Å². The second-order valence-electron chi connectivity index (χ2n) is 6.32. The first-order valence-electron chi connectivity index (χ1n) is 8.25. The Morgan fingerprint density at radius 3 is 2.67 bits per heavy atom. The molecule has 0 spiro atoms. The normalized spacial score (nSPS) is 17.2. The summed E-state index contributed by atoms with van der Waals surface area (Å²) in [7, 11) is 0. The van der Waals surface area contributed by atoms with E-state index < -0.39 is 0 Å². The van der Waals surface area contributed by atoms with Gasteiger partial charge in [0, 0.05) is 15.1 Å². The van der Waals surface area contributed by atoms with Crippen LogP contribution in [0, 0.1) is 0 Å². The van der Waals surface area contributed by atoms with E-state index in [1.165, 1.54) is 0 Å². The zero-order valence-corrected chi connectivity index (χ0v) is 15.5. The summed E-state index contributed by atoms with van der Waals surface area (Å²) in [5.74, 6) is -0.473. The molecule has 27 heavy (non-hydrogen) atoms. The molecule has 7 heteroatoms. The van der Waals surface area contributed by atoms with E-state index >= 15 is 0 Å². The summed E-state index contributed by atoms with van der Waals surface area (Å²) in [5, 5.41) is 6.84. The Labute approximate surface area is 163 Å². The van der Waals surface area contributed by atoms with Gasteiger partial charge in [0.1, 0.15) is 12.3 Å². The van der Waals surface area contributed by atoms with Gasteiger partial charge in [-0.25, -0.2) is 4.79 Å². The summed E-state index contributed by atoms with van der Waals surface area (Å²) in [6, 6.07) is 14.1. The van der Waals surface area contributed by atoms with Crippen molar-refractivity contribution in [2.75, 3.05) is 0 Å². The van der Waals surface area contributed by atoms with Crippen molar-refractivity contribution in [2.45, 2.75) is 6.61 Å². The number of esters is 1. The molecule has 1 aromatic heterocycles. The smallest absolute Gasteiger partial charge is 0.338 e. The highest BCUT2D eigenvalue weighted by Crippen LogP contribution is 2.33. The number of nitrogens with one attached hydrogen (secondary N) is 2. The number of amides is 1. The lowest BCUT2D eigenvalue weighted by molar-refractivity contribution is -0.115. The molecule has 2 aliphatic rings. The Kier molecular flexibility index (Phi) is 3.60. The van der Waals surface area contributed by atoms with Gasteiger partial charge in [-0.05, 0) is 65.1 Å². The number of hydrogen-bond donors (Lipinski definition) is 2. The predicted octanol–water partition coefficient (Wildman–Crippen LogP) is 3.58. The molecule has 5 rings (SSSR count). The summed E-state index contributed by atoms with van der Waals surface area (Å²) in [6.45, 7) is 0.331. The maximum atomic E-state index is 11.8. The van der Waals surface area contributed by atoms with E-state index in [0.717, 1.165) is 31.7 Å².